The molecule has 0 aliphatic rings. The number of hydrogen-bond donors (Lipinski definition) is 0. The van der Waals surface area contributed by atoms with E-state index in [0.717, 1.165) is 28.3 Å². The summed E-state index contributed by atoms with van der Waals surface area (Å²) in [6, 6.07) is 11.9. The molecular formula is C17H16ClN3S2. The standard InChI is InChI=1S/C17H16ClN3S2/c1-3-19-17-21(15(11-23-17)16-8-5-9-22-16)20-12(2)13-6-4-7-14(18)10-13/h4-11H,3H2,1-2H3. The van der Waals surface area contributed by atoms with Crippen molar-refractivity contribution in [2.24, 2.45) is 10.1 Å². The van der Waals surface area contributed by atoms with Gasteiger partial charge >= 0.3 is 0 Å². The van der Waals surface area contributed by atoms with E-state index < -0.39 is 0 Å². The van der Waals surface area contributed by atoms with E-state index in [9.17, 15) is 0 Å². The van der Waals surface area contributed by atoms with E-state index in [0.29, 0.717) is 5.02 Å². The average Bonchev–Trinajstić information content (AvgIpc) is 3.18. The molecule has 3 nitrogen and oxygen atoms in total. The Bertz CT molecular complexity index is 889. The van der Waals surface area contributed by atoms with Crippen molar-refractivity contribution < 1.29 is 0 Å². The molecule has 0 saturated carbocycles. The Labute approximate surface area is 148 Å². The first-order chi connectivity index (χ1) is 11.2. The van der Waals surface area contributed by atoms with Gasteiger partial charge in [0, 0.05) is 16.9 Å². The van der Waals surface area contributed by atoms with Gasteiger partial charge in [0.2, 0.25) is 4.80 Å². The SMILES string of the molecule is CCN=c1scc(-c2cccs2)n1N=C(C)c1cccc(Cl)c1. The summed E-state index contributed by atoms with van der Waals surface area (Å²) < 4.78 is 1.93. The molecule has 0 aliphatic carbocycles. The number of hydrogen-bond acceptors (Lipinski definition) is 4. The minimum Gasteiger partial charge on any atom is -0.258 e. The quantitative estimate of drug-likeness (QED) is 0.577. The average molecular weight is 362 g/mol. The monoisotopic (exact) mass is 361 g/mol. The molecule has 118 valence electrons. The zero-order valence-corrected chi connectivity index (χ0v) is 15.3. The van der Waals surface area contributed by atoms with E-state index in [1.165, 1.54) is 4.88 Å². The summed E-state index contributed by atoms with van der Waals surface area (Å²) >= 11 is 9.40. The van der Waals surface area contributed by atoms with Crippen LogP contribution in [-0.4, -0.2) is 16.9 Å². The van der Waals surface area contributed by atoms with Crippen molar-refractivity contribution in [1.82, 2.24) is 4.68 Å². The molecule has 0 spiro atoms. The van der Waals surface area contributed by atoms with Gasteiger partial charge in [-0.1, -0.05) is 29.8 Å². The first-order valence-electron chi connectivity index (χ1n) is 7.25. The molecule has 1 aromatic carbocycles. The number of rotatable bonds is 4. The van der Waals surface area contributed by atoms with Crippen molar-refractivity contribution in [2.75, 3.05) is 6.54 Å². The van der Waals surface area contributed by atoms with Crippen LogP contribution < -0.4 is 4.80 Å². The van der Waals surface area contributed by atoms with E-state index in [1.807, 2.05) is 48.9 Å². The van der Waals surface area contributed by atoms with Crippen LogP contribution in [0, 0.1) is 0 Å². The second kappa shape index (κ2) is 7.25. The van der Waals surface area contributed by atoms with Crippen LogP contribution in [0.4, 0.5) is 0 Å². The molecule has 0 radical (unpaired) electrons. The van der Waals surface area contributed by atoms with Crippen molar-refractivity contribution >= 4 is 40.0 Å². The fraction of sp³-hybridized carbons (Fsp3) is 0.176. The van der Waals surface area contributed by atoms with Gasteiger partial charge in [0.15, 0.2) is 0 Å². The molecule has 0 amide bonds. The van der Waals surface area contributed by atoms with Crippen LogP contribution in [0.1, 0.15) is 19.4 Å². The third-order valence-corrected chi connectivity index (χ3v) is 5.23. The van der Waals surface area contributed by atoms with Crippen molar-refractivity contribution in [1.29, 1.82) is 0 Å². The number of benzene rings is 1. The maximum atomic E-state index is 6.09. The van der Waals surface area contributed by atoms with Crippen LogP contribution in [0.25, 0.3) is 10.6 Å². The lowest BCUT2D eigenvalue weighted by Crippen LogP contribution is -2.14. The molecule has 6 heteroatoms. The minimum atomic E-state index is 0.712. The van der Waals surface area contributed by atoms with E-state index >= 15 is 0 Å². The van der Waals surface area contributed by atoms with Crippen molar-refractivity contribution in [3.05, 3.63) is 62.5 Å². The van der Waals surface area contributed by atoms with Gasteiger partial charge < -0.3 is 0 Å². The molecule has 0 N–H and O–H groups in total. The smallest absolute Gasteiger partial charge is 0.206 e. The Morgan fingerprint density at radius 1 is 1.22 bits per heavy atom. The molecule has 0 aliphatic heterocycles. The summed E-state index contributed by atoms with van der Waals surface area (Å²) in [5, 5.41) is 9.69. The lowest BCUT2D eigenvalue weighted by atomic mass is 10.1. The summed E-state index contributed by atoms with van der Waals surface area (Å²) in [5.41, 5.74) is 2.98. The van der Waals surface area contributed by atoms with Gasteiger partial charge in [0.1, 0.15) is 0 Å². The predicted octanol–water partition coefficient (Wildman–Crippen LogP) is 5.12. The summed E-state index contributed by atoms with van der Waals surface area (Å²) in [4.78, 5) is 6.64. The minimum absolute atomic E-state index is 0.712. The van der Waals surface area contributed by atoms with Crippen LogP contribution in [0.3, 0.4) is 0 Å². The fourth-order valence-electron chi connectivity index (χ4n) is 2.16. The molecule has 23 heavy (non-hydrogen) atoms. The van der Waals surface area contributed by atoms with Gasteiger partial charge in [-0.25, -0.2) is 4.68 Å². The maximum absolute atomic E-state index is 6.09. The molecular weight excluding hydrogens is 346 g/mol. The van der Waals surface area contributed by atoms with Crippen LogP contribution in [0.2, 0.25) is 5.02 Å². The van der Waals surface area contributed by atoms with E-state index in [4.69, 9.17) is 16.7 Å². The Kier molecular flexibility index (Phi) is 5.10. The Hall–Kier alpha value is -1.69. The van der Waals surface area contributed by atoms with Gasteiger partial charge in [-0.3, -0.25) is 4.99 Å². The summed E-state index contributed by atoms with van der Waals surface area (Å²) in [6.07, 6.45) is 0. The molecule has 0 unspecified atom stereocenters. The van der Waals surface area contributed by atoms with E-state index in [-0.39, 0.29) is 0 Å². The highest BCUT2D eigenvalue weighted by atomic mass is 35.5. The van der Waals surface area contributed by atoms with Crippen LogP contribution in [0.5, 0.6) is 0 Å². The van der Waals surface area contributed by atoms with Gasteiger partial charge in [0.25, 0.3) is 0 Å². The number of halogens is 1. The van der Waals surface area contributed by atoms with Crippen molar-refractivity contribution in [2.45, 2.75) is 13.8 Å². The third kappa shape index (κ3) is 3.63. The first-order valence-corrected chi connectivity index (χ1v) is 9.39. The van der Waals surface area contributed by atoms with Crippen molar-refractivity contribution in [3.63, 3.8) is 0 Å². The highest BCUT2D eigenvalue weighted by Gasteiger charge is 2.09. The number of thiophene rings is 1. The molecule has 3 aromatic rings. The molecule has 0 atom stereocenters. The summed E-state index contributed by atoms with van der Waals surface area (Å²) in [6.45, 7) is 4.75. The molecule has 0 saturated heterocycles. The Morgan fingerprint density at radius 2 is 2.09 bits per heavy atom. The van der Waals surface area contributed by atoms with Gasteiger partial charge in [-0.15, -0.1) is 22.7 Å². The fourth-order valence-corrected chi connectivity index (χ4v) is 4.03. The summed E-state index contributed by atoms with van der Waals surface area (Å²) in [5.74, 6) is 0. The van der Waals surface area contributed by atoms with Crippen LogP contribution in [-0.2, 0) is 0 Å². The molecule has 2 heterocycles. The molecule has 0 bridgehead atoms. The number of thiazole rings is 1. The van der Waals surface area contributed by atoms with Crippen LogP contribution in [0.15, 0.2) is 57.3 Å². The lowest BCUT2D eigenvalue weighted by Gasteiger charge is -2.05. The first kappa shape index (κ1) is 16.2. The number of nitrogens with zero attached hydrogens (tertiary/aromatic N) is 3. The second-order valence-electron chi connectivity index (χ2n) is 4.86. The third-order valence-electron chi connectivity index (χ3n) is 3.24. The highest BCUT2D eigenvalue weighted by molar-refractivity contribution is 7.14. The zero-order valence-electron chi connectivity index (χ0n) is 12.9. The van der Waals surface area contributed by atoms with Gasteiger partial charge in [-0.05, 0) is 43.0 Å². The molecule has 3 rings (SSSR count). The maximum Gasteiger partial charge on any atom is 0.206 e. The van der Waals surface area contributed by atoms with E-state index in [1.54, 1.807) is 22.7 Å². The lowest BCUT2D eigenvalue weighted by molar-refractivity contribution is 0.829. The zero-order chi connectivity index (χ0) is 16.2. The molecule has 0 fully saturated rings. The molecule has 2 aromatic heterocycles. The predicted molar refractivity (Wildman–Crippen MR) is 101 cm³/mol. The second-order valence-corrected chi connectivity index (χ2v) is 7.08. The highest BCUT2D eigenvalue weighted by Crippen LogP contribution is 2.25. The Balaban J connectivity index is 2.13. The number of aromatic nitrogens is 1. The Morgan fingerprint density at radius 3 is 2.78 bits per heavy atom. The largest absolute Gasteiger partial charge is 0.258 e. The van der Waals surface area contributed by atoms with Crippen molar-refractivity contribution in [3.8, 4) is 10.6 Å². The van der Waals surface area contributed by atoms with Gasteiger partial charge in [0.05, 0.1) is 16.3 Å². The normalized spacial score (nSPS) is 12.8. The van der Waals surface area contributed by atoms with E-state index in [2.05, 4.69) is 21.8 Å². The summed E-state index contributed by atoms with van der Waals surface area (Å²) in [7, 11) is 0. The topological polar surface area (TPSA) is 29.6 Å². The van der Waals surface area contributed by atoms with Gasteiger partial charge in [-0.2, -0.15) is 5.10 Å². The van der Waals surface area contributed by atoms with Crippen LogP contribution >= 0.6 is 34.3 Å².